The maximum absolute atomic E-state index is 6.72. The number of aryl methyl sites for hydroxylation is 1. The van der Waals surface area contributed by atoms with Gasteiger partial charge in [0.2, 0.25) is 0 Å². The molecule has 0 amide bonds. The maximum Gasteiger partial charge on any atom is 0.162 e. The first-order valence-electron chi connectivity index (χ1n) is 2.84. The lowest BCUT2D eigenvalue weighted by Crippen LogP contribution is -1.90. The number of tetrazole rings is 1. The maximum atomic E-state index is 6.72. The monoisotopic (exact) mass is 87.1 g/mol. The van der Waals surface area contributed by atoms with Crippen molar-refractivity contribution in [3.8, 4) is 0 Å². The molecule has 0 aromatic carbocycles. The first-order chi connectivity index (χ1) is 4.11. The van der Waals surface area contributed by atoms with Gasteiger partial charge in [0.15, 0.2) is 6.33 Å². The Morgan fingerprint density at radius 2 is 3.00 bits per heavy atom. The molecule has 0 saturated carbocycles. The molecule has 0 N–H and O–H groups in total. The molecule has 1 aromatic heterocycles. The first-order valence-corrected chi connectivity index (χ1v) is 1.34. The quantitative estimate of drug-likeness (QED) is 0.416. The van der Waals surface area contributed by atoms with E-state index < -0.39 is 6.98 Å². The molecule has 0 aliphatic carbocycles. The third kappa shape index (κ3) is 0.357. The van der Waals surface area contributed by atoms with E-state index in [1.807, 2.05) is 0 Å². The van der Waals surface area contributed by atoms with E-state index in [1.165, 1.54) is 0 Å². The van der Waals surface area contributed by atoms with Crippen LogP contribution in [0.4, 0.5) is 0 Å². The summed E-state index contributed by atoms with van der Waals surface area (Å²) >= 11 is 0. The molecule has 6 heavy (non-hydrogen) atoms. The van der Waals surface area contributed by atoms with Crippen LogP contribution in [0.15, 0.2) is 6.33 Å². The zero-order valence-corrected chi connectivity index (χ0v) is 2.87. The van der Waals surface area contributed by atoms with Crippen molar-refractivity contribution >= 4 is 0 Å². The molecule has 1 aromatic rings. The number of aromatic nitrogens is 4. The average Bonchev–Trinajstić information content (AvgIpc) is 2.08. The molecule has 4 nitrogen and oxygen atoms in total. The van der Waals surface area contributed by atoms with Crippen LogP contribution < -0.4 is 0 Å². The Morgan fingerprint density at radius 3 is 3.33 bits per heavy atom. The zero-order valence-electron chi connectivity index (χ0n) is 5.87. The number of nitrogens with zero attached hydrogens (tertiary/aromatic N) is 4. The lowest BCUT2D eigenvalue weighted by molar-refractivity contribution is 0.630. The highest BCUT2D eigenvalue weighted by atomic mass is 15.6. The van der Waals surface area contributed by atoms with Gasteiger partial charge in [-0.2, -0.15) is 4.80 Å². The van der Waals surface area contributed by atoms with E-state index >= 15 is 0 Å². The molecule has 1 heterocycles. The van der Waals surface area contributed by atoms with E-state index in [-0.39, 0.29) is 0 Å². The standard InChI is InChI=1S/C2H4N4/c1-6-4-2-3-5-6/h2H,1H3/i1D3. The Hall–Kier alpha value is -0.930. The van der Waals surface area contributed by atoms with Gasteiger partial charge in [-0.1, -0.05) is 0 Å². The minimum absolute atomic E-state index is 0.576. The summed E-state index contributed by atoms with van der Waals surface area (Å²) in [5.74, 6) is 0. The lowest BCUT2D eigenvalue weighted by Gasteiger charge is -1.71. The fourth-order valence-corrected chi connectivity index (χ4v) is 0.167. The van der Waals surface area contributed by atoms with Crippen molar-refractivity contribution in [2.75, 3.05) is 0 Å². The lowest BCUT2D eigenvalue weighted by atomic mass is 11.4. The second-order valence-corrected chi connectivity index (χ2v) is 0.725. The van der Waals surface area contributed by atoms with Crippen LogP contribution in [0.2, 0.25) is 0 Å². The molecule has 0 aliphatic rings. The number of hydrogen-bond donors (Lipinski definition) is 0. The van der Waals surface area contributed by atoms with Crippen LogP contribution in [-0.4, -0.2) is 20.2 Å². The minimum Gasteiger partial charge on any atom is -0.168 e. The Balaban J connectivity index is 2.90. The van der Waals surface area contributed by atoms with E-state index in [0.717, 1.165) is 6.33 Å². The van der Waals surface area contributed by atoms with Crippen LogP contribution in [0.5, 0.6) is 0 Å². The van der Waals surface area contributed by atoms with Gasteiger partial charge in [0, 0.05) is 4.11 Å². The van der Waals surface area contributed by atoms with Crippen molar-refractivity contribution in [3.05, 3.63) is 6.33 Å². The third-order valence-electron chi connectivity index (χ3n) is 0.349. The van der Waals surface area contributed by atoms with Crippen LogP contribution in [0.3, 0.4) is 0 Å². The Labute approximate surface area is 39.0 Å². The molecule has 0 radical (unpaired) electrons. The van der Waals surface area contributed by atoms with Crippen molar-refractivity contribution in [1.82, 2.24) is 20.2 Å². The van der Waals surface area contributed by atoms with Crippen molar-refractivity contribution < 1.29 is 4.11 Å². The predicted octanol–water partition coefficient (Wildman–Crippen LogP) is -0.790. The van der Waals surface area contributed by atoms with Gasteiger partial charge in [-0.3, -0.25) is 0 Å². The zero-order chi connectivity index (χ0) is 6.91. The van der Waals surface area contributed by atoms with Crippen LogP contribution in [0, 0.1) is 0 Å². The van der Waals surface area contributed by atoms with Crippen molar-refractivity contribution in [1.29, 1.82) is 0 Å². The Bertz CT molecular complexity index is 176. The van der Waals surface area contributed by atoms with Crippen LogP contribution in [-0.2, 0) is 6.98 Å². The van der Waals surface area contributed by atoms with Crippen molar-refractivity contribution in [3.63, 3.8) is 0 Å². The van der Waals surface area contributed by atoms with Gasteiger partial charge in [-0.25, -0.2) is 0 Å². The summed E-state index contributed by atoms with van der Waals surface area (Å²) in [7, 11) is 0. The Kier molecular flexibility index (Phi) is 0.224. The fourth-order valence-electron chi connectivity index (χ4n) is 0.167. The summed E-state index contributed by atoms with van der Waals surface area (Å²) < 4.78 is 20.2. The molecule has 0 spiro atoms. The highest BCUT2D eigenvalue weighted by Crippen LogP contribution is 1.56. The van der Waals surface area contributed by atoms with E-state index in [2.05, 4.69) is 15.4 Å². The molecule has 0 saturated heterocycles. The van der Waals surface area contributed by atoms with Gasteiger partial charge in [0.1, 0.15) is 0 Å². The third-order valence-corrected chi connectivity index (χ3v) is 0.349. The van der Waals surface area contributed by atoms with E-state index in [4.69, 9.17) is 4.11 Å². The predicted molar refractivity (Wildman–Crippen MR) is 18.8 cm³/mol. The summed E-state index contributed by atoms with van der Waals surface area (Å²) in [5, 5.41) is 9.73. The topological polar surface area (TPSA) is 43.6 Å². The van der Waals surface area contributed by atoms with E-state index in [9.17, 15) is 0 Å². The molecular weight excluding hydrogens is 80.1 g/mol. The summed E-state index contributed by atoms with van der Waals surface area (Å²) in [5.41, 5.74) is 0. The Morgan fingerprint density at radius 1 is 2.00 bits per heavy atom. The highest BCUT2D eigenvalue weighted by Gasteiger charge is 1.72. The smallest absolute Gasteiger partial charge is 0.162 e. The number of hydrogen-bond acceptors (Lipinski definition) is 3. The van der Waals surface area contributed by atoms with E-state index in [1.54, 1.807) is 0 Å². The minimum atomic E-state index is -2.30. The molecule has 32 valence electrons. The molecular formula is C2H4N4. The largest absolute Gasteiger partial charge is 0.168 e. The molecule has 0 atom stereocenters. The van der Waals surface area contributed by atoms with Crippen LogP contribution >= 0.6 is 0 Å². The summed E-state index contributed by atoms with van der Waals surface area (Å²) in [4.78, 5) is 0.576. The fraction of sp³-hybridized carbons (Fsp3) is 0.500. The highest BCUT2D eigenvalue weighted by molar-refractivity contribution is 4.30. The molecule has 0 bridgehead atoms. The van der Waals surface area contributed by atoms with Gasteiger partial charge in [0.25, 0.3) is 0 Å². The second kappa shape index (κ2) is 1.04. The summed E-state index contributed by atoms with van der Waals surface area (Å²) in [6.45, 7) is -2.30. The first kappa shape index (κ1) is 1.29. The summed E-state index contributed by atoms with van der Waals surface area (Å²) in [6, 6.07) is 0. The van der Waals surface area contributed by atoms with Crippen molar-refractivity contribution in [2.24, 2.45) is 6.98 Å². The van der Waals surface area contributed by atoms with Crippen molar-refractivity contribution in [2.45, 2.75) is 0 Å². The molecule has 0 aliphatic heterocycles. The second-order valence-electron chi connectivity index (χ2n) is 0.725. The van der Waals surface area contributed by atoms with Crippen LogP contribution in [0.1, 0.15) is 4.11 Å². The van der Waals surface area contributed by atoms with Gasteiger partial charge in [-0.15, -0.1) is 10.2 Å². The normalized spacial score (nSPS) is 18.3. The molecule has 0 unspecified atom stereocenters. The van der Waals surface area contributed by atoms with E-state index in [0.29, 0.717) is 4.80 Å². The number of rotatable bonds is 0. The average molecular weight is 87.1 g/mol. The van der Waals surface area contributed by atoms with Gasteiger partial charge >= 0.3 is 0 Å². The van der Waals surface area contributed by atoms with Gasteiger partial charge in [-0.05, 0) is 5.21 Å². The molecule has 0 fully saturated rings. The summed E-state index contributed by atoms with van der Waals surface area (Å²) in [6.07, 6.45) is 1.08. The van der Waals surface area contributed by atoms with Crippen LogP contribution in [0.25, 0.3) is 0 Å². The van der Waals surface area contributed by atoms with Gasteiger partial charge < -0.3 is 0 Å². The van der Waals surface area contributed by atoms with Gasteiger partial charge in [0.05, 0.1) is 6.98 Å². The molecule has 1 rings (SSSR count). The molecule has 4 heteroatoms. The SMILES string of the molecule is [2H]C([2H])([2H])n1ncnn1.